The van der Waals surface area contributed by atoms with E-state index in [4.69, 9.17) is 11.6 Å². The van der Waals surface area contributed by atoms with Crippen LogP contribution in [0.4, 0.5) is 8.78 Å². The third-order valence-corrected chi connectivity index (χ3v) is 2.21. The first-order chi connectivity index (χ1) is 6.82. The minimum Gasteiger partial charge on any atom is -0.295 e. The van der Waals surface area contributed by atoms with E-state index in [1.54, 1.807) is 0 Å². The number of rotatable bonds is 3. The van der Waals surface area contributed by atoms with E-state index < -0.39 is 11.0 Å². The second-order valence-electron chi connectivity index (χ2n) is 3.11. The topological polar surface area (TPSA) is 17.1 Å². The van der Waals surface area contributed by atoms with Crippen molar-refractivity contribution in [3.63, 3.8) is 0 Å². The molecule has 1 nitrogen and oxygen atoms in total. The van der Waals surface area contributed by atoms with Crippen molar-refractivity contribution in [2.45, 2.75) is 12.3 Å². The first kappa shape index (κ1) is 11.9. The zero-order chi connectivity index (χ0) is 11.6. The average molecular weight is 231 g/mol. The van der Waals surface area contributed by atoms with Gasteiger partial charge in [0, 0.05) is 11.1 Å². The van der Waals surface area contributed by atoms with Crippen LogP contribution in [0.1, 0.15) is 22.8 Å². The lowest BCUT2D eigenvalue weighted by molar-refractivity contribution is 0.101. The van der Waals surface area contributed by atoms with Crippen LogP contribution in [-0.4, -0.2) is 11.2 Å². The minimum atomic E-state index is -3.46. The summed E-state index contributed by atoms with van der Waals surface area (Å²) in [7, 11) is 0. The number of Topliss-reactive ketones (excluding diaryl/α,β-unsaturated/α-hetero) is 1. The van der Waals surface area contributed by atoms with Gasteiger partial charge in [-0.05, 0) is 24.1 Å². The number of carbonyl (C=O) groups is 1. The highest BCUT2D eigenvalue weighted by Crippen LogP contribution is 2.34. The predicted molar refractivity (Wildman–Crippen MR) is 56.3 cm³/mol. The molecule has 0 N–H and O–H groups in total. The minimum absolute atomic E-state index is 0.121. The summed E-state index contributed by atoms with van der Waals surface area (Å²) in [5.74, 6) is -0.121. The van der Waals surface area contributed by atoms with E-state index in [0.717, 1.165) is 0 Å². The molecule has 0 radical (unpaired) electrons. The fraction of sp³-hybridized carbons (Fsp3) is 0.182. The van der Waals surface area contributed by atoms with Crippen LogP contribution >= 0.6 is 11.6 Å². The van der Waals surface area contributed by atoms with Crippen molar-refractivity contribution in [3.8, 4) is 0 Å². The summed E-state index contributed by atoms with van der Waals surface area (Å²) in [5, 5.41) is -3.46. The third kappa shape index (κ3) is 2.86. The first-order valence-electron chi connectivity index (χ1n) is 4.20. The Labute approximate surface area is 91.4 Å². The largest absolute Gasteiger partial charge is 0.348 e. The Morgan fingerprint density at radius 3 is 2.00 bits per heavy atom. The fourth-order valence-electron chi connectivity index (χ4n) is 1.07. The third-order valence-electron chi connectivity index (χ3n) is 1.98. The van der Waals surface area contributed by atoms with Crippen molar-refractivity contribution in [3.05, 3.63) is 42.0 Å². The summed E-state index contributed by atoms with van der Waals surface area (Å²) in [6, 6.07) is 5.72. The highest BCUT2D eigenvalue weighted by molar-refractivity contribution is 6.27. The van der Waals surface area contributed by atoms with Crippen LogP contribution in [0.15, 0.2) is 30.8 Å². The molecule has 4 heteroatoms. The summed E-state index contributed by atoms with van der Waals surface area (Å²) >= 11 is 4.82. The molecule has 0 aliphatic carbocycles. The molecule has 80 valence electrons. The predicted octanol–water partition coefficient (Wildman–Crippen LogP) is 3.73. The maximum Gasteiger partial charge on any atom is 0.348 e. The van der Waals surface area contributed by atoms with Gasteiger partial charge in [0.05, 0.1) is 0 Å². The lowest BCUT2D eigenvalue weighted by Crippen LogP contribution is -2.07. The van der Waals surface area contributed by atoms with Gasteiger partial charge in [-0.2, -0.15) is 8.78 Å². The summed E-state index contributed by atoms with van der Waals surface area (Å²) in [6.07, 6.45) is 0. The van der Waals surface area contributed by atoms with E-state index in [0.29, 0.717) is 5.56 Å². The van der Waals surface area contributed by atoms with Crippen molar-refractivity contribution in [2.75, 3.05) is 0 Å². The Balaban J connectivity index is 3.00. The zero-order valence-corrected chi connectivity index (χ0v) is 8.81. The number of benzene rings is 1. The van der Waals surface area contributed by atoms with Gasteiger partial charge in [0.25, 0.3) is 0 Å². The maximum atomic E-state index is 12.7. The number of hydrogen-bond acceptors (Lipinski definition) is 1. The molecule has 0 amide bonds. The van der Waals surface area contributed by atoms with Gasteiger partial charge in [0.2, 0.25) is 0 Å². The van der Waals surface area contributed by atoms with Gasteiger partial charge in [0.15, 0.2) is 5.78 Å². The number of hydrogen-bond donors (Lipinski definition) is 0. The fourth-order valence-corrected chi connectivity index (χ4v) is 1.18. The van der Waals surface area contributed by atoms with E-state index in [2.05, 4.69) is 6.58 Å². The Morgan fingerprint density at radius 2 is 1.67 bits per heavy atom. The highest BCUT2D eigenvalue weighted by Gasteiger charge is 2.29. The van der Waals surface area contributed by atoms with Crippen LogP contribution in [0.5, 0.6) is 0 Å². The average Bonchev–Trinajstić information content (AvgIpc) is 2.15. The second kappa shape index (κ2) is 4.11. The molecule has 0 spiro atoms. The van der Waals surface area contributed by atoms with Gasteiger partial charge >= 0.3 is 5.38 Å². The van der Waals surface area contributed by atoms with E-state index in [9.17, 15) is 13.6 Å². The smallest absolute Gasteiger partial charge is 0.295 e. The molecule has 0 unspecified atom stereocenters. The van der Waals surface area contributed by atoms with E-state index in [1.165, 1.54) is 31.2 Å². The molecule has 0 atom stereocenters. The molecule has 0 bridgehead atoms. The van der Waals surface area contributed by atoms with Crippen LogP contribution in [0, 0.1) is 0 Å². The molecular formula is C11H9ClF2O. The Hall–Kier alpha value is -1.22. The summed E-state index contributed by atoms with van der Waals surface area (Å²) in [4.78, 5) is 10.9. The van der Waals surface area contributed by atoms with Crippen LogP contribution in [-0.2, 0) is 0 Å². The van der Waals surface area contributed by atoms with Crippen molar-refractivity contribution < 1.29 is 13.6 Å². The van der Waals surface area contributed by atoms with Gasteiger partial charge < -0.3 is 0 Å². The molecule has 1 aromatic carbocycles. The van der Waals surface area contributed by atoms with Crippen LogP contribution < -0.4 is 0 Å². The van der Waals surface area contributed by atoms with Crippen LogP contribution in [0.3, 0.4) is 0 Å². The maximum absolute atomic E-state index is 12.7. The number of ketones is 1. The van der Waals surface area contributed by atoms with Crippen molar-refractivity contribution in [1.82, 2.24) is 0 Å². The van der Waals surface area contributed by atoms with E-state index in [-0.39, 0.29) is 11.3 Å². The molecule has 0 aliphatic heterocycles. The van der Waals surface area contributed by atoms with Crippen molar-refractivity contribution >= 4 is 23.0 Å². The molecule has 0 heterocycles. The number of carbonyl (C=O) groups excluding carboxylic acids is 1. The highest BCUT2D eigenvalue weighted by atomic mass is 35.5. The molecular weight excluding hydrogens is 222 g/mol. The molecule has 0 fully saturated rings. The summed E-state index contributed by atoms with van der Waals surface area (Å²) < 4.78 is 25.3. The van der Waals surface area contributed by atoms with Gasteiger partial charge in [0.1, 0.15) is 0 Å². The monoisotopic (exact) mass is 230 g/mol. The van der Waals surface area contributed by atoms with Gasteiger partial charge in [-0.15, -0.1) is 0 Å². The molecule has 0 aliphatic rings. The molecule has 1 aromatic rings. The van der Waals surface area contributed by atoms with Gasteiger partial charge in [-0.1, -0.05) is 30.8 Å². The lowest BCUT2D eigenvalue weighted by atomic mass is 10.0. The zero-order valence-electron chi connectivity index (χ0n) is 8.06. The quantitative estimate of drug-likeness (QED) is 0.571. The Morgan fingerprint density at radius 1 is 1.27 bits per heavy atom. The molecule has 1 rings (SSSR count). The first-order valence-corrected chi connectivity index (χ1v) is 4.57. The Bertz CT molecular complexity index is 390. The van der Waals surface area contributed by atoms with Gasteiger partial charge in [-0.25, -0.2) is 0 Å². The second-order valence-corrected chi connectivity index (χ2v) is 3.58. The molecule has 0 aromatic heterocycles. The number of allylic oxidation sites excluding steroid dienone is 1. The molecule has 0 saturated carbocycles. The van der Waals surface area contributed by atoms with Crippen molar-refractivity contribution in [2.24, 2.45) is 0 Å². The number of halogens is 3. The van der Waals surface area contributed by atoms with Crippen molar-refractivity contribution in [1.29, 1.82) is 0 Å². The number of alkyl halides is 3. The lowest BCUT2D eigenvalue weighted by Gasteiger charge is -2.11. The van der Waals surface area contributed by atoms with Gasteiger partial charge in [-0.3, -0.25) is 4.79 Å². The van der Waals surface area contributed by atoms with E-state index >= 15 is 0 Å². The normalized spacial score (nSPS) is 11.2. The standard InChI is InChI=1S/C11H9ClF2O/c1-7(11(12,13)14)9-3-5-10(6-4-9)8(2)15/h3-6H,1H2,2H3. The van der Waals surface area contributed by atoms with E-state index in [1.807, 2.05) is 0 Å². The van der Waals surface area contributed by atoms with Crippen LogP contribution in [0.25, 0.3) is 5.57 Å². The molecule has 15 heavy (non-hydrogen) atoms. The molecule has 0 saturated heterocycles. The Kier molecular flexibility index (Phi) is 3.25. The summed E-state index contributed by atoms with van der Waals surface area (Å²) in [5.41, 5.74) is 0.212. The van der Waals surface area contributed by atoms with Crippen LogP contribution in [0.2, 0.25) is 0 Å². The summed E-state index contributed by atoms with van der Waals surface area (Å²) in [6.45, 7) is 4.61. The SMILES string of the molecule is C=C(c1ccc(C(C)=O)cc1)C(F)(F)Cl.